The Morgan fingerprint density at radius 1 is 1.43 bits per heavy atom. The van der Waals surface area contributed by atoms with Gasteiger partial charge in [-0.1, -0.05) is 11.8 Å². The van der Waals surface area contributed by atoms with Gasteiger partial charge in [0.25, 0.3) is 5.56 Å². The molecule has 1 amide bonds. The van der Waals surface area contributed by atoms with E-state index in [1.807, 2.05) is 19.9 Å². The predicted octanol–water partition coefficient (Wildman–Crippen LogP) is 1.00. The van der Waals surface area contributed by atoms with Gasteiger partial charge in [-0.25, -0.2) is 4.98 Å². The quantitative estimate of drug-likeness (QED) is 0.666. The molecule has 1 saturated heterocycles. The van der Waals surface area contributed by atoms with Crippen molar-refractivity contribution in [2.75, 3.05) is 32.1 Å². The Kier molecular flexibility index (Phi) is 4.72. The van der Waals surface area contributed by atoms with E-state index in [1.54, 1.807) is 9.47 Å². The van der Waals surface area contributed by atoms with Crippen LogP contribution in [0.5, 0.6) is 0 Å². The van der Waals surface area contributed by atoms with Crippen LogP contribution in [0, 0.1) is 6.92 Å². The maximum Gasteiger partial charge on any atom is 0.278 e. The standard InChI is InChI=1S/C15H20N4O3S/c1-3-19-14(21)13-11(8-10(2)16-13)17-15(19)23-9-12(20)18-4-6-22-7-5-18/h8,16H,3-7,9H2,1-2H3. The van der Waals surface area contributed by atoms with Gasteiger partial charge in [-0.2, -0.15) is 0 Å². The summed E-state index contributed by atoms with van der Waals surface area (Å²) in [7, 11) is 0. The summed E-state index contributed by atoms with van der Waals surface area (Å²) in [6, 6.07) is 1.85. The highest BCUT2D eigenvalue weighted by molar-refractivity contribution is 7.99. The molecule has 0 radical (unpaired) electrons. The van der Waals surface area contributed by atoms with Crippen LogP contribution in [0.4, 0.5) is 0 Å². The molecule has 2 aromatic heterocycles. The lowest BCUT2D eigenvalue weighted by Gasteiger charge is -2.26. The number of aryl methyl sites for hydroxylation is 1. The zero-order valence-corrected chi connectivity index (χ0v) is 14.1. The van der Waals surface area contributed by atoms with Crippen molar-refractivity contribution in [2.24, 2.45) is 0 Å². The summed E-state index contributed by atoms with van der Waals surface area (Å²) in [5, 5.41) is 0.589. The Labute approximate surface area is 138 Å². The Balaban J connectivity index is 1.81. The highest BCUT2D eigenvalue weighted by Crippen LogP contribution is 2.19. The molecule has 1 aliphatic rings. The fourth-order valence-corrected chi connectivity index (χ4v) is 3.60. The van der Waals surface area contributed by atoms with Crippen molar-refractivity contribution in [2.45, 2.75) is 25.5 Å². The fraction of sp³-hybridized carbons (Fsp3) is 0.533. The number of fused-ring (bicyclic) bond motifs is 1. The minimum Gasteiger partial charge on any atom is -0.378 e. The van der Waals surface area contributed by atoms with Crippen LogP contribution in [0.1, 0.15) is 12.6 Å². The number of carbonyl (C=O) groups is 1. The molecule has 1 N–H and O–H groups in total. The van der Waals surface area contributed by atoms with Gasteiger partial charge in [0.2, 0.25) is 5.91 Å². The van der Waals surface area contributed by atoms with E-state index in [9.17, 15) is 9.59 Å². The molecular weight excluding hydrogens is 316 g/mol. The number of morpholine rings is 1. The molecular formula is C15H20N4O3S. The van der Waals surface area contributed by atoms with E-state index in [2.05, 4.69) is 9.97 Å². The summed E-state index contributed by atoms with van der Waals surface area (Å²) in [6.45, 7) is 6.75. The zero-order chi connectivity index (χ0) is 16.4. The average molecular weight is 336 g/mol. The number of hydrogen-bond donors (Lipinski definition) is 1. The summed E-state index contributed by atoms with van der Waals surface area (Å²) in [5.41, 5.74) is 1.98. The molecule has 2 aromatic rings. The van der Waals surface area contributed by atoms with Crippen LogP contribution in [0.3, 0.4) is 0 Å². The predicted molar refractivity (Wildman–Crippen MR) is 88.9 cm³/mol. The van der Waals surface area contributed by atoms with Gasteiger partial charge < -0.3 is 14.6 Å². The highest BCUT2D eigenvalue weighted by Gasteiger charge is 2.19. The molecule has 3 heterocycles. The molecule has 0 saturated carbocycles. The molecule has 8 heteroatoms. The van der Waals surface area contributed by atoms with E-state index in [1.165, 1.54) is 11.8 Å². The molecule has 1 aliphatic heterocycles. The van der Waals surface area contributed by atoms with Crippen molar-refractivity contribution in [3.05, 3.63) is 22.1 Å². The van der Waals surface area contributed by atoms with E-state index < -0.39 is 0 Å². The molecule has 0 bridgehead atoms. The second-order valence-corrected chi connectivity index (χ2v) is 6.38. The number of nitrogens with zero attached hydrogens (tertiary/aromatic N) is 3. The third-order valence-corrected chi connectivity index (χ3v) is 4.80. The number of aromatic amines is 1. The Bertz CT molecular complexity index is 777. The van der Waals surface area contributed by atoms with E-state index in [0.29, 0.717) is 49.0 Å². The molecule has 0 unspecified atom stereocenters. The zero-order valence-electron chi connectivity index (χ0n) is 13.3. The van der Waals surface area contributed by atoms with Crippen LogP contribution in [-0.4, -0.2) is 57.4 Å². The third kappa shape index (κ3) is 3.28. The van der Waals surface area contributed by atoms with Crippen molar-refractivity contribution in [3.63, 3.8) is 0 Å². The lowest BCUT2D eigenvalue weighted by atomic mass is 10.4. The van der Waals surface area contributed by atoms with Gasteiger partial charge in [0.05, 0.1) is 24.5 Å². The van der Waals surface area contributed by atoms with Gasteiger partial charge in [0.1, 0.15) is 5.52 Å². The highest BCUT2D eigenvalue weighted by atomic mass is 32.2. The monoisotopic (exact) mass is 336 g/mol. The van der Waals surface area contributed by atoms with Crippen LogP contribution in [0.15, 0.2) is 16.0 Å². The molecule has 0 aromatic carbocycles. The number of H-pyrrole nitrogens is 1. The SMILES string of the molecule is CCn1c(SCC(=O)N2CCOCC2)nc2cc(C)[nH]c2c1=O. The fourth-order valence-electron chi connectivity index (χ4n) is 2.63. The Morgan fingerprint density at radius 3 is 2.87 bits per heavy atom. The number of amides is 1. The smallest absolute Gasteiger partial charge is 0.278 e. The molecule has 1 fully saturated rings. The van der Waals surface area contributed by atoms with Gasteiger partial charge >= 0.3 is 0 Å². The van der Waals surface area contributed by atoms with Crippen LogP contribution in [0.2, 0.25) is 0 Å². The summed E-state index contributed by atoms with van der Waals surface area (Å²) in [6.07, 6.45) is 0. The number of thioether (sulfide) groups is 1. The third-order valence-electron chi connectivity index (χ3n) is 3.84. The molecule has 0 atom stereocenters. The number of rotatable bonds is 4. The van der Waals surface area contributed by atoms with Crippen molar-refractivity contribution in [1.29, 1.82) is 0 Å². The summed E-state index contributed by atoms with van der Waals surface area (Å²) in [5.74, 6) is 0.335. The molecule has 124 valence electrons. The largest absolute Gasteiger partial charge is 0.378 e. The minimum atomic E-state index is -0.0908. The van der Waals surface area contributed by atoms with E-state index >= 15 is 0 Å². The van der Waals surface area contributed by atoms with E-state index in [-0.39, 0.29) is 17.2 Å². The second-order valence-electron chi connectivity index (χ2n) is 5.44. The normalized spacial score (nSPS) is 15.3. The van der Waals surface area contributed by atoms with E-state index in [0.717, 1.165) is 5.69 Å². The second kappa shape index (κ2) is 6.76. The van der Waals surface area contributed by atoms with Gasteiger partial charge in [-0.15, -0.1) is 0 Å². The van der Waals surface area contributed by atoms with Gasteiger partial charge in [-0.3, -0.25) is 14.2 Å². The van der Waals surface area contributed by atoms with Crippen LogP contribution in [-0.2, 0) is 16.1 Å². The molecule has 0 aliphatic carbocycles. The van der Waals surface area contributed by atoms with E-state index in [4.69, 9.17) is 4.74 Å². The number of ether oxygens (including phenoxy) is 1. The van der Waals surface area contributed by atoms with Gasteiger partial charge in [-0.05, 0) is 19.9 Å². The number of hydrogen-bond acceptors (Lipinski definition) is 5. The first-order valence-electron chi connectivity index (χ1n) is 7.68. The van der Waals surface area contributed by atoms with Crippen molar-refractivity contribution >= 4 is 28.7 Å². The summed E-state index contributed by atoms with van der Waals surface area (Å²) < 4.78 is 6.86. The lowest BCUT2D eigenvalue weighted by Crippen LogP contribution is -2.41. The number of nitrogens with one attached hydrogen (secondary N) is 1. The van der Waals surface area contributed by atoms with Crippen molar-refractivity contribution < 1.29 is 9.53 Å². The number of carbonyl (C=O) groups excluding carboxylic acids is 1. The van der Waals surface area contributed by atoms with Crippen LogP contribution in [0.25, 0.3) is 11.0 Å². The molecule has 7 nitrogen and oxygen atoms in total. The molecule has 3 rings (SSSR count). The number of aromatic nitrogens is 3. The maximum atomic E-state index is 12.5. The topological polar surface area (TPSA) is 80.2 Å². The van der Waals surface area contributed by atoms with Gasteiger partial charge in [0, 0.05) is 25.3 Å². The first-order valence-corrected chi connectivity index (χ1v) is 8.67. The minimum absolute atomic E-state index is 0.0561. The Morgan fingerprint density at radius 2 is 2.17 bits per heavy atom. The van der Waals surface area contributed by atoms with Crippen LogP contribution < -0.4 is 5.56 Å². The lowest BCUT2D eigenvalue weighted by molar-refractivity contribution is -0.132. The first-order chi connectivity index (χ1) is 11.1. The summed E-state index contributed by atoms with van der Waals surface area (Å²) in [4.78, 5) is 34.1. The van der Waals surface area contributed by atoms with Gasteiger partial charge in [0.15, 0.2) is 5.16 Å². The molecule has 0 spiro atoms. The van der Waals surface area contributed by atoms with Crippen molar-refractivity contribution in [3.8, 4) is 0 Å². The first kappa shape index (κ1) is 16.1. The maximum absolute atomic E-state index is 12.5. The van der Waals surface area contributed by atoms with Crippen LogP contribution >= 0.6 is 11.8 Å². The summed E-state index contributed by atoms with van der Waals surface area (Å²) >= 11 is 1.32. The molecule has 23 heavy (non-hydrogen) atoms. The average Bonchev–Trinajstić information content (AvgIpc) is 2.94. The Hall–Kier alpha value is -1.80. The van der Waals surface area contributed by atoms with Crippen molar-refractivity contribution in [1.82, 2.24) is 19.4 Å².